The van der Waals surface area contributed by atoms with Gasteiger partial charge in [0.1, 0.15) is 0 Å². The third kappa shape index (κ3) is 1.91. The van der Waals surface area contributed by atoms with E-state index in [1.165, 1.54) is 45.2 Å². The Kier molecular flexibility index (Phi) is 2.96. The van der Waals surface area contributed by atoms with Crippen molar-refractivity contribution in [2.45, 2.75) is 37.5 Å². The van der Waals surface area contributed by atoms with Crippen LogP contribution in [0.5, 0.6) is 0 Å². The summed E-state index contributed by atoms with van der Waals surface area (Å²) in [6.07, 6.45) is 7.06. The highest BCUT2D eigenvalue weighted by Crippen LogP contribution is 2.48. The van der Waals surface area contributed by atoms with Gasteiger partial charge in [-0.15, -0.1) is 0 Å². The van der Waals surface area contributed by atoms with E-state index in [1.807, 2.05) is 0 Å². The van der Waals surface area contributed by atoms with Gasteiger partial charge in [-0.2, -0.15) is 0 Å². The van der Waals surface area contributed by atoms with Gasteiger partial charge in [0.15, 0.2) is 0 Å². The van der Waals surface area contributed by atoms with Crippen molar-refractivity contribution in [3.05, 3.63) is 35.9 Å². The highest BCUT2D eigenvalue weighted by atomic mass is 15.1. The molecule has 1 heterocycles. The molecule has 1 saturated heterocycles. The van der Waals surface area contributed by atoms with Gasteiger partial charge >= 0.3 is 0 Å². The second-order valence-electron chi connectivity index (χ2n) is 5.98. The second kappa shape index (κ2) is 4.45. The lowest BCUT2D eigenvalue weighted by molar-refractivity contribution is 0.0708. The molecule has 2 atom stereocenters. The maximum absolute atomic E-state index is 2.52. The van der Waals surface area contributed by atoms with Gasteiger partial charge in [0.05, 0.1) is 0 Å². The van der Waals surface area contributed by atoms with Gasteiger partial charge in [0, 0.05) is 12.0 Å². The SMILES string of the molecule is CN1CC[C@]2(c3ccccc3)CCCC[C@@H]2C1. The molecule has 0 spiro atoms. The number of benzene rings is 1. The highest BCUT2D eigenvalue weighted by Gasteiger charge is 2.44. The fourth-order valence-corrected chi connectivity index (χ4v) is 4.06. The number of nitrogens with zero attached hydrogens (tertiary/aromatic N) is 1. The predicted molar refractivity (Wildman–Crippen MR) is 72.2 cm³/mol. The number of piperidine rings is 1. The Morgan fingerprint density at radius 1 is 1.12 bits per heavy atom. The smallest absolute Gasteiger partial charge is 0.00151 e. The summed E-state index contributed by atoms with van der Waals surface area (Å²) >= 11 is 0. The van der Waals surface area contributed by atoms with E-state index in [1.54, 1.807) is 5.56 Å². The van der Waals surface area contributed by atoms with Crippen LogP contribution >= 0.6 is 0 Å². The Morgan fingerprint density at radius 3 is 2.76 bits per heavy atom. The summed E-state index contributed by atoms with van der Waals surface area (Å²) in [7, 11) is 2.28. The zero-order valence-corrected chi connectivity index (χ0v) is 10.9. The van der Waals surface area contributed by atoms with E-state index in [2.05, 4.69) is 42.3 Å². The van der Waals surface area contributed by atoms with Gasteiger partial charge in [-0.25, -0.2) is 0 Å². The molecule has 1 nitrogen and oxygen atoms in total. The average Bonchev–Trinajstić information content (AvgIpc) is 2.40. The number of hydrogen-bond donors (Lipinski definition) is 0. The number of fused-ring (bicyclic) bond motifs is 1. The Labute approximate surface area is 105 Å². The van der Waals surface area contributed by atoms with Crippen molar-refractivity contribution in [1.29, 1.82) is 0 Å². The molecule has 1 aromatic rings. The molecular weight excluding hydrogens is 206 g/mol. The van der Waals surface area contributed by atoms with Crippen LogP contribution in [0.4, 0.5) is 0 Å². The molecule has 17 heavy (non-hydrogen) atoms. The number of hydrogen-bond acceptors (Lipinski definition) is 1. The third-order valence-electron chi connectivity index (χ3n) is 5.03. The van der Waals surface area contributed by atoms with E-state index < -0.39 is 0 Å². The van der Waals surface area contributed by atoms with E-state index >= 15 is 0 Å². The maximum Gasteiger partial charge on any atom is 0.00151 e. The van der Waals surface area contributed by atoms with E-state index in [-0.39, 0.29) is 0 Å². The maximum atomic E-state index is 2.52. The fraction of sp³-hybridized carbons (Fsp3) is 0.625. The molecule has 1 heteroatoms. The second-order valence-corrected chi connectivity index (χ2v) is 5.98. The topological polar surface area (TPSA) is 3.24 Å². The first-order valence-electron chi connectivity index (χ1n) is 7.05. The van der Waals surface area contributed by atoms with E-state index in [0.717, 1.165) is 5.92 Å². The van der Waals surface area contributed by atoms with Gasteiger partial charge < -0.3 is 4.90 Å². The predicted octanol–water partition coefficient (Wildman–Crippen LogP) is 3.45. The molecule has 1 aliphatic carbocycles. The van der Waals surface area contributed by atoms with Crippen LogP contribution < -0.4 is 0 Å². The summed E-state index contributed by atoms with van der Waals surface area (Å²) < 4.78 is 0. The first-order valence-corrected chi connectivity index (χ1v) is 7.05. The molecule has 1 aromatic carbocycles. The summed E-state index contributed by atoms with van der Waals surface area (Å²) in [6, 6.07) is 11.3. The minimum Gasteiger partial charge on any atom is -0.306 e. The van der Waals surface area contributed by atoms with Crippen LogP contribution in [0.3, 0.4) is 0 Å². The molecule has 0 unspecified atom stereocenters. The van der Waals surface area contributed by atoms with E-state index in [4.69, 9.17) is 0 Å². The largest absolute Gasteiger partial charge is 0.306 e. The quantitative estimate of drug-likeness (QED) is 0.713. The Bertz CT molecular complexity index is 372. The molecule has 2 aliphatic rings. The minimum absolute atomic E-state index is 0.506. The lowest BCUT2D eigenvalue weighted by Gasteiger charge is -2.50. The lowest BCUT2D eigenvalue weighted by Crippen LogP contribution is -2.50. The molecule has 0 bridgehead atoms. The van der Waals surface area contributed by atoms with Crippen LogP contribution in [-0.2, 0) is 5.41 Å². The van der Waals surface area contributed by atoms with Crippen LogP contribution in [0.2, 0.25) is 0 Å². The molecule has 0 aromatic heterocycles. The molecule has 92 valence electrons. The van der Waals surface area contributed by atoms with Crippen molar-refractivity contribution >= 4 is 0 Å². The zero-order valence-electron chi connectivity index (χ0n) is 10.9. The van der Waals surface area contributed by atoms with Crippen LogP contribution in [0.25, 0.3) is 0 Å². The average molecular weight is 229 g/mol. The third-order valence-corrected chi connectivity index (χ3v) is 5.03. The van der Waals surface area contributed by atoms with Crippen LogP contribution in [0.15, 0.2) is 30.3 Å². The first kappa shape index (κ1) is 11.3. The van der Waals surface area contributed by atoms with Gasteiger partial charge in [0.2, 0.25) is 0 Å². The number of rotatable bonds is 1. The minimum atomic E-state index is 0.506. The fourth-order valence-electron chi connectivity index (χ4n) is 4.06. The van der Waals surface area contributed by atoms with Crippen LogP contribution in [-0.4, -0.2) is 25.0 Å². The van der Waals surface area contributed by atoms with Crippen molar-refractivity contribution < 1.29 is 0 Å². The molecule has 1 saturated carbocycles. The molecule has 0 N–H and O–H groups in total. The molecule has 0 radical (unpaired) electrons. The van der Waals surface area contributed by atoms with Crippen molar-refractivity contribution in [2.75, 3.05) is 20.1 Å². The van der Waals surface area contributed by atoms with E-state index in [0.29, 0.717) is 5.41 Å². The standard InChI is InChI=1S/C16H23N/c1-17-12-11-16(14-7-3-2-4-8-14)10-6-5-9-15(16)13-17/h2-4,7-8,15H,5-6,9-13H2,1H3/t15-,16+/m1/s1. The van der Waals surface area contributed by atoms with Crippen molar-refractivity contribution in [2.24, 2.45) is 5.92 Å². The van der Waals surface area contributed by atoms with Gasteiger partial charge in [0.25, 0.3) is 0 Å². The molecule has 1 aliphatic heterocycles. The highest BCUT2D eigenvalue weighted by molar-refractivity contribution is 5.28. The summed E-state index contributed by atoms with van der Waals surface area (Å²) in [5.74, 6) is 0.886. The lowest BCUT2D eigenvalue weighted by atomic mass is 9.59. The summed E-state index contributed by atoms with van der Waals surface area (Å²) in [4.78, 5) is 2.52. The Morgan fingerprint density at radius 2 is 1.94 bits per heavy atom. The zero-order chi connectivity index (χ0) is 11.7. The number of likely N-dealkylation sites (tertiary alicyclic amines) is 1. The Balaban J connectivity index is 1.96. The van der Waals surface area contributed by atoms with Gasteiger partial charge in [-0.1, -0.05) is 43.2 Å². The normalized spacial score (nSPS) is 34.3. The Hall–Kier alpha value is -0.820. The van der Waals surface area contributed by atoms with Crippen molar-refractivity contribution in [3.63, 3.8) is 0 Å². The molecular formula is C16H23N. The van der Waals surface area contributed by atoms with Gasteiger partial charge in [-0.05, 0) is 44.3 Å². The summed E-state index contributed by atoms with van der Waals surface area (Å²) in [5.41, 5.74) is 2.12. The first-order chi connectivity index (χ1) is 8.31. The van der Waals surface area contributed by atoms with Crippen LogP contribution in [0, 0.1) is 5.92 Å². The summed E-state index contributed by atoms with van der Waals surface area (Å²) in [5, 5.41) is 0. The molecule has 0 amide bonds. The summed E-state index contributed by atoms with van der Waals surface area (Å²) in [6.45, 7) is 2.57. The van der Waals surface area contributed by atoms with Crippen molar-refractivity contribution in [1.82, 2.24) is 4.90 Å². The molecule has 3 rings (SSSR count). The molecule has 2 fully saturated rings. The van der Waals surface area contributed by atoms with Gasteiger partial charge in [-0.3, -0.25) is 0 Å². The monoisotopic (exact) mass is 229 g/mol. The van der Waals surface area contributed by atoms with Crippen LogP contribution in [0.1, 0.15) is 37.7 Å². The van der Waals surface area contributed by atoms with E-state index in [9.17, 15) is 0 Å². The van der Waals surface area contributed by atoms with Crippen molar-refractivity contribution in [3.8, 4) is 0 Å².